The molecule has 1 aromatic heterocycles. The van der Waals surface area contributed by atoms with Crippen LogP contribution in [0.4, 0.5) is 11.6 Å². The van der Waals surface area contributed by atoms with Crippen LogP contribution < -0.4 is 10.2 Å². The summed E-state index contributed by atoms with van der Waals surface area (Å²) in [7, 11) is 0. The van der Waals surface area contributed by atoms with Gasteiger partial charge in [0.2, 0.25) is 5.95 Å². The standard InChI is InChI=1S/C16H18N4O/c1-11(2)18-15(21)13-7-9-17-16(19-13)20-10-8-12-5-3-4-6-14(12)20/h3-7,9,11H,8,10H2,1-2H3,(H,18,21). The number of hydrogen-bond acceptors (Lipinski definition) is 4. The molecule has 1 aliphatic rings. The average molecular weight is 282 g/mol. The second-order valence-electron chi connectivity index (χ2n) is 5.40. The van der Waals surface area contributed by atoms with Gasteiger partial charge in [-0.2, -0.15) is 0 Å². The Morgan fingerprint density at radius 3 is 2.90 bits per heavy atom. The molecule has 0 atom stereocenters. The van der Waals surface area contributed by atoms with Crippen molar-refractivity contribution in [3.63, 3.8) is 0 Å². The Bertz CT molecular complexity index is 669. The quantitative estimate of drug-likeness (QED) is 0.938. The Hall–Kier alpha value is -2.43. The van der Waals surface area contributed by atoms with E-state index in [1.165, 1.54) is 5.56 Å². The highest BCUT2D eigenvalue weighted by Crippen LogP contribution is 2.31. The van der Waals surface area contributed by atoms with Gasteiger partial charge in [-0.3, -0.25) is 4.79 Å². The van der Waals surface area contributed by atoms with Crippen molar-refractivity contribution in [1.82, 2.24) is 15.3 Å². The lowest BCUT2D eigenvalue weighted by molar-refractivity contribution is 0.0938. The molecule has 3 rings (SSSR count). The van der Waals surface area contributed by atoms with E-state index in [1.54, 1.807) is 12.3 Å². The number of nitrogens with one attached hydrogen (secondary N) is 1. The van der Waals surface area contributed by atoms with E-state index in [9.17, 15) is 4.79 Å². The van der Waals surface area contributed by atoms with Crippen LogP contribution in [0.2, 0.25) is 0 Å². The predicted molar refractivity (Wildman–Crippen MR) is 81.8 cm³/mol. The topological polar surface area (TPSA) is 58.1 Å². The number of benzene rings is 1. The molecule has 21 heavy (non-hydrogen) atoms. The summed E-state index contributed by atoms with van der Waals surface area (Å²) in [6.07, 6.45) is 2.61. The molecule has 0 spiro atoms. The van der Waals surface area contributed by atoms with Gasteiger partial charge in [-0.1, -0.05) is 18.2 Å². The van der Waals surface area contributed by atoms with E-state index in [0.29, 0.717) is 11.6 Å². The fourth-order valence-electron chi connectivity index (χ4n) is 2.49. The van der Waals surface area contributed by atoms with Crippen LogP contribution in [0.25, 0.3) is 0 Å². The minimum atomic E-state index is -0.166. The summed E-state index contributed by atoms with van der Waals surface area (Å²) in [4.78, 5) is 22.8. The first-order valence-corrected chi connectivity index (χ1v) is 7.14. The summed E-state index contributed by atoms with van der Waals surface area (Å²) < 4.78 is 0. The van der Waals surface area contributed by atoms with Crippen LogP contribution in [0.15, 0.2) is 36.5 Å². The maximum atomic E-state index is 12.0. The smallest absolute Gasteiger partial charge is 0.270 e. The summed E-state index contributed by atoms with van der Waals surface area (Å²) in [6, 6.07) is 9.95. The van der Waals surface area contributed by atoms with Crippen LogP contribution in [0.1, 0.15) is 29.9 Å². The molecule has 0 aliphatic carbocycles. The number of nitrogens with zero attached hydrogens (tertiary/aromatic N) is 3. The third kappa shape index (κ3) is 2.72. The van der Waals surface area contributed by atoms with Crippen LogP contribution in [0, 0.1) is 0 Å². The molecule has 1 aliphatic heterocycles. The van der Waals surface area contributed by atoms with Gasteiger partial charge in [0.15, 0.2) is 0 Å². The number of hydrogen-bond donors (Lipinski definition) is 1. The molecule has 0 bridgehead atoms. The summed E-state index contributed by atoms with van der Waals surface area (Å²) in [5.74, 6) is 0.414. The van der Waals surface area contributed by atoms with E-state index >= 15 is 0 Å². The lowest BCUT2D eigenvalue weighted by Gasteiger charge is -2.17. The molecule has 0 saturated heterocycles. The van der Waals surface area contributed by atoms with Gasteiger partial charge in [-0.25, -0.2) is 9.97 Å². The Labute approximate surface area is 124 Å². The molecule has 0 saturated carbocycles. The molecule has 0 unspecified atom stereocenters. The lowest BCUT2D eigenvalue weighted by Crippen LogP contribution is -2.31. The van der Waals surface area contributed by atoms with E-state index in [4.69, 9.17) is 0 Å². The number of amides is 1. The third-order valence-electron chi connectivity index (χ3n) is 3.42. The molecular formula is C16H18N4O. The number of carbonyl (C=O) groups is 1. The van der Waals surface area contributed by atoms with Crippen LogP contribution in [-0.2, 0) is 6.42 Å². The van der Waals surface area contributed by atoms with Crippen molar-refractivity contribution in [3.05, 3.63) is 47.8 Å². The van der Waals surface area contributed by atoms with Crippen molar-refractivity contribution in [1.29, 1.82) is 0 Å². The van der Waals surface area contributed by atoms with Crippen LogP contribution in [0.5, 0.6) is 0 Å². The number of fused-ring (bicyclic) bond motifs is 1. The van der Waals surface area contributed by atoms with Crippen molar-refractivity contribution in [3.8, 4) is 0 Å². The molecular weight excluding hydrogens is 264 g/mol. The first-order chi connectivity index (χ1) is 10.1. The number of anilines is 2. The van der Waals surface area contributed by atoms with Crippen molar-refractivity contribution in [2.75, 3.05) is 11.4 Å². The minimum Gasteiger partial charge on any atom is -0.349 e. The maximum Gasteiger partial charge on any atom is 0.270 e. The largest absolute Gasteiger partial charge is 0.349 e. The zero-order valence-electron chi connectivity index (χ0n) is 12.2. The summed E-state index contributed by atoms with van der Waals surface area (Å²) >= 11 is 0. The van der Waals surface area contributed by atoms with Crippen molar-refractivity contribution in [2.45, 2.75) is 26.3 Å². The fraction of sp³-hybridized carbons (Fsp3) is 0.312. The van der Waals surface area contributed by atoms with Crippen LogP contribution in [-0.4, -0.2) is 28.5 Å². The second-order valence-corrected chi connectivity index (χ2v) is 5.40. The number of rotatable bonds is 3. The van der Waals surface area contributed by atoms with Gasteiger partial charge in [-0.15, -0.1) is 0 Å². The Morgan fingerprint density at radius 2 is 2.10 bits per heavy atom. The van der Waals surface area contributed by atoms with Gasteiger partial charge in [0.05, 0.1) is 0 Å². The first kappa shape index (κ1) is 13.5. The minimum absolute atomic E-state index is 0.0865. The van der Waals surface area contributed by atoms with Crippen LogP contribution >= 0.6 is 0 Å². The molecule has 0 radical (unpaired) electrons. The number of para-hydroxylation sites is 1. The molecule has 1 N–H and O–H groups in total. The first-order valence-electron chi connectivity index (χ1n) is 7.14. The van der Waals surface area contributed by atoms with Gasteiger partial charge in [0.1, 0.15) is 5.69 Å². The summed E-state index contributed by atoms with van der Waals surface area (Å²) in [5, 5.41) is 2.85. The Balaban J connectivity index is 1.89. The molecule has 5 heteroatoms. The normalized spacial score (nSPS) is 13.4. The van der Waals surface area contributed by atoms with Gasteiger partial charge in [0, 0.05) is 24.5 Å². The van der Waals surface area contributed by atoms with Crippen molar-refractivity contribution >= 4 is 17.5 Å². The average Bonchev–Trinajstić information content (AvgIpc) is 2.90. The molecule has 5 nitrogen and oxygen atoms in total. The highest BCUT2D eigenvalue weighted by Gasteiger charge is 2.22. The van der Waals surface area contributed by atoms with E-state index in [0.717, 1.165) is 18.7 Å². The van der Waals surface area contributed by atoms with E-state index in [1.807, 2.05) is 26.0 Å². The van der Waals surface area contributed by atoms with E-state index in [2.05, 4.69) is 32.3 Å². The highest BCUT2D eigenvalue weighted by molar-refractivity contribution is 5.92. The Morgan fingerprint density at radius 1 is 1.29 bits per heavy atom. The van der Waals surface area contributed by atoms with E-state index in [-0.39, 0.29) is 11.9 Å². The molecule has 1 amide bonds. The van der Waals surface area contributed by atoms with Gasteiger partial charge in [0.25, 0.3) is 5.91 Å². The highest BCUT2D eigenvalue weighted by atomic mass is 16.1. The van der Waals surface area contributed by atoms with Gasteiger partial charge in [-0.05, 0) is 38.0 Å². The SMILES string of the molecule is CC(C)NC(=O)c1ccnc(N2CCc3ccccc32)n1. The third-order valence-corrected chi connectivity index (χ3v) is 3.42. The summed E-state index contributed by atoms with van der Waals surface area (Å²) in [5.41, 5.74) is 2.81. The zero-order chi connectivity index (χ0) is 14.8. The molecule has 0 fully saturated rings. The van der Waals surface area contributed by atoms with Crippen LogP contribution in [0.3, 0.4) is 0 Å². The lowest BCUT2D eigenvalue weighted by atomic mass is 10.2. The predicted octanol–water partition coefficient (Wildman–Crippen LogP) is 2.31. The fourth-order valence-corrected chi connectivity index (χ4v) is 2.49. The molecule has 2 heterocycles. The monoisotopic (exact) mass is 282 g/mol. The molecule has 1 aromatic carbocycles. The Kier molecular flexibility index (Phi) is 3.56. The molecule has 108 valence electrons. The van der Waals surface area contributed by atoms with E-state index < -0.39 is 0 Å². The van der Waals surface area contributed by atoms with Crippen molar-refractivity contribution < 1.29 is 4.79 Å². The number of carbonyl (C=O) groups excluding carboxylic acids is 1. The van der Waals surface area contributed by atoms with Crippen molar-refractivity contribution in [2.24, 2.45) is 0 Å². The van der Waals surface area contributed by atoms with Gasteiger partial charge >= 0.3 is 0 Å². The van der Waals surface area contributed by atoms with Gasteiger partial charge < -0.3 is 10.2 Å². The number of aromatic nitrogens is 2. The zero-order valence-corrected chi connectivity index (χ0v) is 12.2. The maximum absolute atomic E-state index is 12.0. The molecule has 2 aromatic rings. The summed E-state index contributed by atoms with van der Waals surface area (Å²) in [6.45, 7) is 4.70. The second kappa shape index (κ2) is 5.52.